The van der Waals surface area contributed by atoms with Crippen LogP contribution in [0, 0.1) is 0 Å². The van der Waals surface area contributed by atoms with Crippen LogP contribution in [0.4, 0.5) is 11.4 Å². The summed E-state index contributed by atoms with van der Waals surface area (Å²) in [4.78, 5) is 25.8. The van der Waals surface area contributed by atoms with Gasteiger partial charge in [-0.3, -0.25) is 9.78 Å². The third-order valence-corrected chi connectivity index (χ3v) is 3.52. The van der Waals surface area contributed by atoms with E-state index in [1.807, 2.05) is 24.3 Å². The number of para-hydroxylation sites is 1. The number of H-pyrrole nitrogens is 1. The number of fused-ring (bicyclic) bond motifs is 2. The van der Waals surface area contributed by atoms with Gasteiger partial charge in [0.2, 0.25) is 0 Å². The van der Waals surface area contributed by atoms with Crippen LogP contribution < -0.4 is 16.4 Å². The lowest BCUT2D eigenvalue weighted by atomic mass is 10.1. The number of anilines is 2. The van der Waals surface area contributed by atoms with E-state index in [4.69, 9.17) is 4.42 Å². The summed E-state index contributed by atoms with van der Waals surface area (Å²) in [7, 11) is 0. The smallest absolute Gasteiger partial charge is 0.408 e. The van der Waals surface area contributed by atoms with Crippen molar-refractivity contribution < 1.29 is 9.21 Å². The molecular weight excluding hydrogens is 270 g/mol. The summed E-state index contributed by atoms with van der Waals surface area (Å²) in [5.74, 6) is -0.594. The van der Waals surface area contributed by atoms with Crippen LogP contribution in [-0.4, -0.2) is 10.9 Å². The highest BCUT2D eigenvalue weighted by Gasteiger charge is 2.29. The van der Waals surface area contributed by atoms with Crippen LogP contribution >= 0.6 is 0 Å². The minimum atomic E-state index is -0.494. The zero-order chi connectivity index (χ0) is 14.4. The van der Waals surface area contributed by atoms with Crippen molar-refractivity contribution in [1.82, 2.24) is 4.98 Å². The summed E-state index contributed by atoms with van der Waals surface area (Å²) < 4.78 is 4.95. The minimum absolute atomic E-state index is 0.100. The van der Waals surface area contributed by atoms with E-state index >= 15 is 0 Å². The first-order valence-electron chi connectivity index (χ1n) is 6.50. The van der Waals surface area contributed by atoms with E-state index in [1.165, 1.54) is 0 Å². The molecule has 0 radical (unpaired) electrons. The number of oxazole rings is 1. The first-order valence-corrected chi connectivity index (χ1v) is 6.50. The Hall–Kier alpha value is -3.02. The van der Waals surface area contributed by atoms with Crippen molar-refractivity contribution in [3.05, 3.63) is 58.6 Å². The van der Waals surface area contributed by atoms with Gasteiger partial charge in [-0.05, 0) is 24.3 Å². The maximum absolute atomic E-state index is 12.1. The number of aromatic nitrogens is 1. The molecule has 4 rings (SSSR count). The van der Waals surface area contributed by atoms with Crippen molar-refractivity contribution in [3.8, 4) is 0 Å². The molecule has 0 aliphatic carbocycles. The molecule has 3 N–H and O–H groups in total. The number of carbonyl (C=O) groups excluding carboxylic acids is 1. The van der Waals surface area contributed by atoms with Crippen molar-refractivity contribution in [1.29, 1.82) is 0 Å². The molecule has 3 aromatic rings. The summed E-state index contributed by atoms with van der Waals surface area (Å²) in [5, 5.41) is 6.00. The van der Waals surface area contributed by atoms with Gasteiger partial charge >= 0.3 is 5.76 Å². The van der Waals surface area contributed by atoms with Crippen LogP contribution in [0.15, 0.2) is 51.7 Å². The molecule has 2 heterocycles. The quantitative estimate of drug-likeness (QED) is 0.672. The number of amides is 1. The van der Waals surface area contributed by atoms with Crippen molar-refractivity contribution >= 4 is 28.4 Å². The maximum atomic E-state index is 12.1. The lowest BCUT2D eigenvalue weighted by Crippen LogP contribution is -2.19. The Balaban J connectivity index is 1.71. The molecule has 1 atom stereocenters. The molecule has 0 bridgehead atoms. The van der Waals surface area contributed by atoms with Gasteiger partial charge in [-0.2, -0.15) is 0 Å². The number of aromatic amines is 1. The average molecular weight is 281 g/mol. The Morgan fingerprint density at radius 3 is 2.86 bits per heavy atom. The lowest BCUT2D eigenvalue weighted by Gasteiger charge is -2.12. The van der Waals surface area contributed by atoms with Crippen molar-refractivity contribution in [2.75, 3.05) is 10.6 Å². The number of benzene rings is 2. The third kappa shape index (κ3) is 1.88. The van der Waals surface area contributed by atoms with E-state index in [1.54, 1.807) is 18.2 Å². The molecule has 1 unspecified atom stereocenters. The zero-order valence-corrected chi connectivity index (χ0v) is 10.8. The van der Waals surface area contributed by atoms with Crippen LogP contribution in [0.25, 0.3) is 11.1 Å². The number of carbonyl (C=O) groups is 1. The van der Waals surface area contributed by atoms with Gasteiger partial charge in [-0.25, -0.2) is 4.79 Å². The normalized spacial score (nSPS) is 16.8. The van der Waals surface area contributed by atoms with Gasteiger partial charge in [0.05, 0.1) is 5.52 Å². The molecule has 6 heteroatoms. The molecule has 6 nitrogen and oxygen atoms in total. The number of rotatable bonds is 2. The van der Waals surface area contributed by atoms with Gasteiger partial charge in [0.15, 0.2) is 5.58 Å². The zero-order valence-electron chi connectivity index (χ0n) is 10.8. The topological polar surface area (TPSA) is 87.1 Å². The first kappa shape index (κ1) is 11.8. The third-order valence-electron chi connectivity index (χ3n) is 3.52. The molecule has 0 saturated heterocycles. The molecule has 1 aromatic heterocycles. The largest absolute Gasteiger partial charge is 0.417 e. The molecule has 1 aliphatic heterocycles. The van der Waals surface area contributed by atoms with Crippen LogP contribution in [0.3, 0.4) is 0 Å². The fourth-order valence-electron chi connectivity index (χ4n) is 2.56. The SMILES string of the molecule is O=C1Nc2ccccc2C1Nc1ccc2oc(=O)[nH]c2c1. The molecule has 0 saturated carbocycles. The molecule has 1 amide bonds. The molecule has 2 aromatic carbocycles. The predicted molar refractivity (Wildman–Crippen MR) is 78.3 cm³/mol. The number of hydrogen-bond acceptors (Lipinski definition) is 4. The highest BCUT2D eigenvalue weighted by atomic mass is 16.4. The van der Waals surface area contributed by atoms with E-state index in [2.05, 4.69) is 15.6 Å². The second kappa shape index (κ2) is 4.24. The van der Waals surface area contributed by atoms with Crippen molar-refractivity contribution in [3.63, 3.8) is 0 Å². The molecule has 0 fully saturated rings. The van der Waals surface area contributed by atoms with E-state index in [9.17, 15) is 9.59 Å². The van der Waals surface area contributed by atoms with Crippen molar-refractivity contribution in [2.45, 2.75) is 6.04 Å². The van der Waals surface area contributed by atoms with Gasteiger partial charge in [0.25, 0.3) is 5.91 Å². The van der Waals surface area contributed by atoms with Crippen LogP contribution in [-0.2, 0) is 4.79 Å². The number of nitrogens with one attached hydrogen (secondary N) is 3. The second-order valence-electron chi connectivity index (χ2n) is 4.88. The molecule has 0 spiro atoms. The van der Waals surface area contributed by atoms with Crippen LogP contribution in [0.1, 0.15) is 11.6 Å². The van der Waals surface area contributed by atoms with E-state index in [-0.39, 0.29) is 5.91 Å². The Bertz CT molecular complexity index is 910. The fraction of sp³-hybridized carbons (Fsp3) is 0.0667. The molecule has 104 valence electrons. The van der Waals surface area contributed by atoms with E-state index < -0.39 is 11.8 Å². The fourth-order valence-corrected chi connectivity index (χ4v) is 2.56. The molecule has 1 aliphatic rings. The summed E-state index contributed by atoms with van der Waals surface area (Å²) in [6, 6.07) is 12.3. The Kier molecular flexibility index (Phi) is 2.38. The van der Waals surface area contributed by atoms with Gasteiger partial charge < -0.3 is 15.1 Å². The van der Waals surface area contributed by atoms with Gasteiger partial charge in [-0.15, -0.1) is 0 Å². The monoisotopic (exact) mass is 281 g/mol. The van der Waals surface area contributed by atoms with Crippen LogP contribution in [0.2, 0.25) is 0 Å². The summed E-state index contributed by atoms with van der Waals surface area (Å²) >= 11 is 0. The minimum Gasteiger partial charge on any atom is -0.408 e. The van der Waals surface area contributed by atoms with Crippen LogP contribution in [0.5, 0.6) is 0 Å². The average Bonchev–Trinajstić information content (AvgIpc) is 2.98. The van der Waals surface area contributed by atoms with Crippen molar-refractivity contribution in [2.24, 2.45) is 0 Å². The highest BCUT2D eigenvalue weighted by molar-refractivity contribution is 6.04. The maximum Gasteiger partial charge on any atom is 0.417 e. The Morgan fingerprint density at radius 1 is 1.10 bits per heavy atom. The highest BCUT2D eigenvalue weighted by Crippen LogP contribution is 2.33. The van der Waals surface area contributed by atoms with E-state index in [0.717, 1.165) is 16.9 Å². The van der Waals surface area contributed by atoms with Gasteiger partial charge in [0.1, 0.15) is 6.04 Å². The molecular formula is C15H11N3O3. The lowest BCUT2D eigenvalue weighted by molar-refractivity contribution is -0.116. The van der Waals surface area contributed by atoms with Gasteiger partial charge in [-0.1, -0.05) is 18.2 Å². The van der Waals surface area contributed by atoms with E-state index in [0.29, 0.717) is 11.1 Å². The summed E-state index contributed by atoms with van der Waals surface area (Å²) in [6.45, 7) is 0. The van der Waals surface area contributed by atoms with Gasteiger partial charge in [0, 0.05) is 16.9 Å². The summed E-state index contributed by atoms with van der Waals surface area (Å²) in [5.41, 5.74) is 3.54. The second-order valence-corrected chi connectivity index (χ2v) is 4.88. The predicted octanol–water partition coefficient (Wildman–Crippen LogP) is 2.23. The standard InChI is InChI=1S/C15H11N3O3/c19-14-13(9-3-1-2-4-10(9)17-14)16-8-5-6-12-11(7-8)18-15(20)21-12/h1-7,13,16H,(H,17,19)(H,18,20). The summed E-state index contributed by atoms with van der Waals surface area (Å²) in [6.07, 6.45) is 0. The first-order chi connectivity index (χ1) is 10.2. The Labute approximate surface area is 118 Å². The Morgan fingerprint density at radius 2 is 1.95 bits per heavy atom. The number of hydrogen-bond donors (Lipinski definition) is 3. The molecule has 21 heavy (non-hydrogen) atoms.